The predicted molar refractivity (Wildman–Crippen MR) is 66.4 cm³/mol. The minimum atomic E-state index is -0.641. The van der Waals surface area contributed by atoms with Gasteiger partial charge in [0.25, 0.3) is 0 Å². The molecule has 2 aromatic heterocycles. The molecule has 0 aliphatic carbocycles. The summed E-state index contributed by atoms with van der Waals surface area (Å²) >= 11 is 9.04. The number of esters is 1. The summed E-state index contributed by atoms with van der Waals surface area (Å²) in [5.41, 5.74) is 0. The van der Waals surface area contributed by atoms with Crippen LogP contribution in [0.15, 0.2) is 7.57 Å². The quantitative estimate of drug-likeness (QED) is 0.692. The second-order valence-electron chi connectivity index (χ2n) is 2.59. The number of carbonyl (C=O) groups excluding carboxylic acids is 1. The van der Waals surface area contributed by atoms with Crippen molar-refractivity contribution in [2.45, 2.75) is 0 Å². The van der Waals surface area contributed by atoms with Crippen LogP contribution in [0, 0.1) is 5.82 Å². The molecule has 0 fully saturated rings. The van der Waals surface area contributed by atoms with Gasteiger partial charge >= 0.3 is 5.97 Å². The Morgan fingerprint density at radius 2 is 2.00 bits per heavy atom. The highest BCUT2D eigenvalue weighted by atomic mass is 79.9. The number of ether oxygens (including phenoxy) is 1. The van der Waals surface area contributed by atoms with Gasteiger partial charge in [-0.2, -0.15) is 0 Å². The highest BCUT2D eigenvalue weighted by molar-refractivity contribution is 9.12. The summed E-state index contributed by atoms with van der Waals surface area (Å²) in [7, 11) is 1.23. The number of fused-ring (bicyclic) bond motifs is 1. The van der Waals surface area contributed by atoms with Crippen molar-refractivity contribution < 1.29 is 13.9 Å². The van der Waals surface area contributed by atoms with E-state index < -0.39 is 11.8 Å². The summed E-state index contributed by atoms with van der Waals surface area (Å²) in [6.07, 6.45) is 0. The molecule has 2 nitrogen and oxygen atoms in total. The number of hydrogen-bond donors (Lipinski definition) is 0. The van der Waals surface area contributed by atoms with Crippen LogP contribution in [0.4, 0.5) is 4.39 Å². The summed E-state index contributed by atoms with van der Waals surface area (Å²) in [4.78, 5) is 11.3. The SMILES string of the molecule is COC(=O)c1sc2c(Br)sc(Br)c2c1F. The number of halogens is 3. The van der Waals surface area contributed by atoms with E-state index in [1.165, 1.54) is 18.4 Å². The van der Waals surface area contributed by atoms with E-state index in [9.17, 15) is 9.18 Å². The molecule has 0 atom stereocenters. The van der Waals surface area contributed by atoms with Crippen LogP contribution >= 0.6 is 54.5 Å². The van der Waals surface area contributed by atoms with Gasteiger partial charge in [-0.25, -0.2) is 9.18 Å². The molecule has 0 N–H and O–H groups in total. The summed E-state index contributed by atoms with van der Waals surface area (Å²) in [6.45, 7) is 0. The summed E-state index contributed by atoms with van der Waals surface area (Å²) in [5.74, 6) is -1.16. The van der Waals surface area contributed by atoms with Crippen LogP contribution in [-0.4, -0.2) is 13.1 Å². The van der Waals surface area contributed by atoms with E-state index >= 15 is 0 Å². The third-order valence-electron chi connectivity index (χ3n) is 1.78. The zero-order valence-electron chi connectivity index (χ0n) is 7.27. The number of rotatable bonds is 1. The van der Waals surface area contributed by atoms with E-state index in [4.69, 9.17) is 0 Å². The molecular weight excluding hydrogens is 371 g/mol. The zero-order chi connectivity index (χ0) is 11.2. The van der Waals surface area contributed by atoms with Crippen molar-refractivity contribution in [1.29, 1.82) is 0 Å². The zero-order valence-corrected chi connectivity index (χ0v) is 12.1. The first-order chi connectivity index (χ1) is 7.06. The van der Waals surface area contributed by atoms with Crippen molar-refractivity contribution in [1.82, 2.24) is 0 Å². The molecule has 0 aliphatic rings. The maximum Gasteiger partial charge on any atom is 0.351 e. The highest BCUT2D eigenvalue weighted by Crippen LogP contribution is 2.45. The molecule has 0 aromatic carbocycles. The lowest BCUT2D eigenvalue weighted by Gasteiger charge is -1.93. The van der Waals surface area contributed by atoms with Crippen LogP contribution in [0.5, 0.6) is 0 Å². The Bertz CT molecular complexity index is 546. The Labute approximate surface area is 109 Å². The molecule has 7 heteroatoms. The van der Waals surface area contributed by atoms with Crippen LogP contribution in [0.2, 0.25) is 0 Å². The van der Waals surface area contributed by atoms with E-state index in [0.29, 0.717) is 9.17 Å². The molecule has 2 heterocycles. The Hall–Kier alpha value is 0.0200. The van der Waals surface area contributed by atoms with Gasteiger partial charge < -0.3 is 4.74 Å². The molecule has 0 aliphatic heterocycles. The molecule has 2 aromatic rings. The van der Waals surface area contributed by atoms with Crippen molar-refractivity contribution in [3.05, 3.63) is 18.3 Å². The first kappa shape index (κ1) is 11.5. The number of thiophene rings is 2. The minimum Gasteiger partial charge on any atom is -0.465 e. The van der Waals surface area contributed by atoms with Crippen LogP contribution in [0.1, 0.15) is 9.67 Å². The molecule has 0 bridgehead atoms. The molecule has 0 amide bonds. The van der Waals surface area contributed by atoms with Gasteiger partial charge in [-0.1, -0.05) is 0 Å². The second-order valence-corrected chi connectivity index (χ2v) is 7.27. The predicted octanol–water partition coefficient (Wildman–Crippen LogP) is 4.41. The summed E-state index contributed by atoms with van der Waals surface area (Å²) < 4.78 is 20.5. The lowest BCUT2D eigenvalue weighted by Crippen LogP contribution is -2.00. The normalized spacial score (nSPS) is 10.9. The molecule has 80 valence electrons. The second kappa shape index (κ2) is 4.12. The standard InChI is InChI=1S/C8H3Br2FO2S2/c1-13-8(12)5-3(11)2-4(14-5)7(10)15-6(2)9/h1H3. The Morgan fingerprint density at radius 1 is 1.33 bits per heavy atom. The van der Waals surface area contributed by atoms with Crippen molar-refractivity contribution >= 4 is 70.6 Å². The Morgan fingerprint density at radius 3 is 2.53 bits per heavy atom. The lowest BCUT2D eigenvalue weighted by atomic mass is 10.3. The summed E-state index contributed by atoms with van der Waals surface area (Å²) in [5, 5.41) is 0.442. The van der Waals surface area contributed by atoms with Crippen molar-refractivity contribution in [2.75, 3.05) is 7.11 Å². The van der Waals surface area contributed by atoms with Gasteiger partial charge in [0, 0.05) is 0 Å². The molecule has 0 unspecified atom stereocenters. The number of hydrogen-bond acceptors (Lipinski definition) is 4. The van der Waals surface area contributed by atoms with Gasteiger partial charge in [-0.05, 0) is 31.9 Å². The van der Waals surface area contributed by atoms with Crippen molar-refractivity contribution in [2.24, 2.45) is 0 Å². The smallest absolute Gasteiger partial charge is 0.351 e. The van der Waals surface area contributed by atoms with Crippen LogP contribution in [-0.2, 0) is 4.74 Å². The first-order valence-corrected chi connectivity index (χ1v) is 6.92. The summed E-state index contributed by atoms with van der Waals surface area (Å²) in [6, 6.07) is 0. The Balaban J connectivity index is 2.75. The van der Waals surface area contributed by atoms with E-state index in [0.717, 1.165) is 19.8 Å². The van der Waals surface area contributed by atoms with E-state index in [2.05, 4.69) is 36.6 Å². The fraction of sp³-hybridized carbons (Fsp3) is 0.125. The number of carbonyl (C=O) groups is 1. The maximum absolute atomic E-state index is 13.8. The molecule has 0 spiro atoms. The monoisotopic (exact) mass is 372 g/mol. The van der Waals surface area contributed by atoms with Gasteiger partial charge in [0.1, 0.15) is 4.88 Å². The molecular formula is C8H3Br2FO2S2. The topological polar surface area (TPSA) is 26.3 Å². The lowest BCUT2D eigenvalue weighted by molar-refractivity contribution is 0.0602. The molecule has 2 rings (SSSR count). The molecule has 0 saturated carbocycles. The van der Waals surface area contributed by atoms with E-state index in [1.54, 1.807) is 0 Å². The maximum atomic E-state index is 13.8. The van der Waals surface area contributed by atoms with Crippen molar-refractivity contribution in [3.63, 3.8) is 0 Å². The minimum absolute atomic E-state index is 0.0108. The largest absolute Gasteiger partial charge is 0.465 e. The molecule has 15 heavy (non-hydrogen) atoms. The fourth-order valence-electron chi connectivity index (χ4n) is 1.13. The van der Waals surface area contributed by atoms with Gasteiger partial charge in [0.05, 0.1) is 24.8 Å². The van der Waals surface area contributed by atoms with Crippen molar-refractivity contribution in [3.8, 4) is 0 Å². The van der Waals surface area contributed by atoms with Gasteiger partial charge in [0.2, 0.25) is 0 Å². The fourth-order valence-corrected chi connectivity index (χ4v) is 5.59. The Kier molecular flexibility index (Phi) is 3.16. The average Bonchev–Trinajstić information content (AvgIpc) is 2.67. The van der Waals surface area contributed by atoms with E-state index in [1.807, 2.05) is 0 Å². The van der Waals surface area contributed by atoms with Crippen LogP contribution < -0.4 is 0 Å². The third kappa shape index (κ3) is 1.75. The molecule has 0 saturated heterocycles. The van der Waals surface area contributed by atoms with Gasteiger partial charge in [0.15, 0.2) is 5.82 Å². The number of methoxy groups -OCH3 is 1. The highest BCUT2D eigenvalue weighted by Gasteiger charge is 2.24. The van der Waals surface area contributed by atoms with Crippen LogP contribution in [0.3, 0.4) is 0 Å². The van der Waals surface area contributed by atoms with E-state index in [-0.39, 0.29) is 4.88 Å². The molecule has 0 radical (unpaired) electrons. The average molecular weight is 374 g/mol. The van der Waals surface area contributed by atoms with Gasteiger partial charge in [-0.15, -0.1) is 22.7 Å². The van der Waals surface area contributed by atoms with Crippen LogP contribution in [0.25, 0.3) is 10.1 Å². The first-order valence-electron chi connectivity index (χ1n) is 3.70. The van der Waals surface area contributed by atoms with Gasteiger partial charge in [-0.3, -0.25) is 0 Å². The third-order valence-corrected chi connectivity index (χ3v) is 5.86.